The summed E-state index contributed by atoms with van der Waals surface area (Å²) in [6.45, 7) is 16.4. The zero-order chi connectivity index (χ0) is 43.4. The van der Waals surface area contributed by atoms with E-state index in [4.69, 9.17) is 0 Å². The van der Waals surface area contributed by atoms with E-state index in [0.29, 0.717) is 38.9 Å². The average Bonchev–Trinajstić information content (AvgIpc) is 3.64. The third kappa shape index (κ3) is 7.80. The van der Waals surface area contributed by atoms with Crippen molar-refractivity contribution in [2.45, 2.75) is 193 Å². The summed E-state index contributed by atoms with van der Waals surface area (Å²) in [5.74, 6) is -2.60. The van der Waals surface area contributed by atoms with E-state index in [9.17, 15) is 27.6 Å². The molecular formula is C45H75N7O7S. The molecule has 4 N–H and O–H groups in total. The number of likely N-dealkylation sites (tertiary alicyclic amines) is 2. The summed E-state index contributed by atoms with van der Waals surface area (Å²) < 4.78 is 30.1. The molecular weight excluding hydrogens is 783 g/mol. The maximum absolute atomic E-state index is 15.2. The molecule has 15 heteroatoms. The molecule has 7 aliphatic rings. The van der Waals surface area contributed by atoms with Crippen molar-refractivity contribution in [2.75, 3.05) is 26.2 Å². The summed E-state index contributed by atoms with van der Waals surface area (Å²) in [4.78, 5) is 76.6. The average molecular weight is 858 g/mol. The van der Waals surface area contributed by atoms with Crippen LogP contribution in [0.3, 0.4) is 0 Å². The van der Waals surface area contributed by atoms with E-state index in [1.807, 2.05) is 20.8 Å². The highest BCUT2D eigenvalue weighted by molar-refractivity contribution is 7.87. The van der Waals surface area contributed by atoms with Gasteiger partial charge in [-0.15, -0.1) is 0 Å². The molecule has 7 rings (SSSR count). The Labute approximate surface area is 359 Å². The summed E-state index contributed by atoms with van der Waals surface area (Å²) in [6, 6.07) is -2.76. The van der Waals surface area contributed by atoms with Gasteiger partial charge in [-0.2, -0.15) is 12.7 Å². The van der Waals surface area contributed by atoms with Gasteiger partial charge in [-0.1, -0.05) is 73.1 Å². The number of carbonyl (C=O) groups excluding carboxylic acids is 5. The maximum atomic E-state index is 15.2. The fourth-order valence-corrected chi connectivity index (χ4v) is 14.3. The number of fused-ring (bicyclic) bond motifs is 1. The quantitative estimate of drug-likeness (QED) is 0.188. The van der Waals surface area contributed by atoms with Crippen LogP contribution in [-0.2, 0) is 34.2 Å². The Morgan fingerprint density at radius 2 is 1.40 bits per heavy atom. The number of carbonyl (C=O) groups is 5. The second-order valence-corrected chi connectivity index (χ2v) is 22.6. The van der Waals surface area contributed by atoms with Crippen molar-refractivity contribution in [1.29, 1.82) is 0 Å². The lowest BCUT2D eigenvalue weighted by Gasteiger charge is -2.39. The summed E-state index contributed by atoms with van der Waals surface area (Å²) in [7, 11) is -4.07. The number of nitrogens with one attached hydrogen (secondary N) is 4. The molecule has 7 atom stereocenters. The normalized spacial score (nSPS) is 32.4. The number of rotatable bonds is 15. The van der Waals surface area contributed by atoms with E-state index in [-0.39, 0.29) is 63.8 Å². The molecule has 0 unspecified atom stereocenters. The van der Waals surface area contributed by atoms with Crippen LogP contribution < -0.4 is 20.7 Å². The SMILES string of the molecule is CCC[C@@H]1C[C@]1(NC(=O)[C@@H]1C[C@@]2(CN1C(=O)[C@@H](NC(=O)[C@@H](NC(=O)[C@@H]1CCCCN1C(C)C)C1CCCCC1)C(C)C)C(C)(C)C21CCC1)C(=O)NS(=O)(=O)N1CCCC1. The number of piperidine rings is 1. The molecule has 7 fully saturated rings. The molecule has 5 amide bonds. The summed E-state index contributed by atoms with van der Waals surface area (Å²) in [5, 5.41) is 9.41. The Morgan fingerprint density at radius 3 is 1.98 bits per heavy atom. The van der Waals surface area contributed by atoms with Gasteiger partial charge in [-0.25, -0.2) is 4.72 Å². The highest BCUT2D eigenvalue weighted by Gasteiger charge is 2.85. The zero-order valence-electron chi connectivity index (χ0n) is 37.6. The lowest BCUT2D eigenvalue weighted by Crippen LogP contribution is -2.62. The van der Waals surface area contributed by atoms with Crippen molar-refractivity contribution in [2.24, 2.45) is 34.0 Å². The molecule has 4 aliphatic carbocycles. The van der Waals surface area contributed by atoms with Crippen LogP contribution in [0.1, 0.15) is 158 Å². The van der Waals surface area contributed by atoms with Crippen LogP contribution >= 0.6 is 0 Å². The van der Waals surface area contributed by atoms with Gasteiger partial charge in [0, 0.05) is 31.1 Å². The van der Waals surface area contributed by atoms with Gasteiger partial charge in [0.2, 0.25) is 23.6 Å². The van der Waals surface area contributed by atoms with Crippen molar-refractivity contribution < 1.29 is 32.4 Å². The minimum absolute atomic E-state index is 0.00663. The first kappa shape index (κ1) is 45.3. The van der Waals surface area contributed by atoms with E-state index in [0.717, 1.165) is 96.4 Å². The Bertz CT molecular complexity index is 1770. The smallest absolute Gasteiger partial charge is 0.303 e. The third-order valence-corrected chi connectivity index (χ3v) is 18.4. The highest BCUT2D eigenvalue weighted by atomic mass is 32.2. The first-order chi connectivity index (χ1) is 28.4. The fraction of sp³-hybridized carbons (Fsp3) is 0.889. The number of nitrogens with zero attached hydrogens (tertiary/aromatic N) is 3. The van der Waals surface area contributed by atoms with E-state index in [2.05, 4.69) is 53.3 Å². The first-order valence-electron chi connectivity index (χ1n) is 23.7. The number of hydrogen-bond donors (Lipinski definition) is 4. The van der Waals surface area contributed by atoms with E-state index < -0.39 is 45.7 Å². The van der Waals surface area contributed by atoms with Crippen LogP contribution in [0, 0.1) is 34.0 Å². The van der Waals surface area contributed by atoms with Crippen molar-refractivity contribution in [3.05, 3.63) is 0 Å². The van der Waals surface area contributed by atoms with Gasteiger partial charge in [0.15, 0.2) is 0 Å². The van der Waals surface area contributed by atoms with Crippen LogP contribution in [-0.4, -0.2) is 114 Å². The predicted molar refractivity (Wildman–Crippen MR) is 229 cm³/mol. The molecule has 60 heavy (non-hydrogen) atoms. The molecule has 3 saturated heterocycles. The number of amides is 5. The maximum Gasteiger partial charge on any atom is 0.303 e. The monoisotopic (exact) mass is 858 g/mol. The standard InChI is InChI=1S/C45H75N7O7S/c1-8-17-32-26-45(32,41(57)49-60(58,59)50-23-14-15-24-50)48-38(54)34-27-44(42(6,7)43(44)21-16-22-43)28-52(34)40(56)35(29(2)3)46-39(55)36(31-18-10-9-11-19-31)47-37(53)33-20-12-13-25-51(33)30(4)5/h29-36H,8-28H2,1-7H3,(H,46,55)(H,47,53)(H,48,54)(H,49,57)/t32-,33+,34+,35+,36+,44-,45-/m1/s1. The Morgan fingerprint density at radius 1 is 0.750 bits per heavy atom. The molecule has 0 bridgehead atoms. The third-order valence-electron chi connectivity index (χ3n) is 17.0. The molecule has 0 aromatic heterocycles. The fourth-order valence-electron chi connectivity index (χ4n) is 13.0. The summed E-state index contributed by atoms with van der Waals surface area (Å²) >= 11 is 0. The molecule has 3 aliphatic heterocycles. The van der Waals surface area contributed by atoms with Crippen LogP contribution in [0.15, 0.2) is 0 Å². The predicted octanol–water partition coefficient (Wildman–Crippen LogP) is 4.38. The molecule has 3 heterocycles. The zero-order valence-corrected chi connectivity index (χ0v) is 38.4. The van der Waals surface area contributed by atoms with Crippen molar-refractivity contribution in [3.63, 3.8) is 0 Å². The van der Waals surface area contributed by atoms with Gasteiger partial charge in [0.05, 0.1) is 6.04 Å². The number of hydrogen-bond acceptors (Lipinski definition) is 8. The minimum atomic E-state index is -4.07. The molecule has 4 saturated carbocycles. The van der Waals surface area contributed by atoms with Crippen LogP contribution in [0.25, 0.3) is 0 Å². The minimum Gasteiger partial charge on any atom is -0.343 e. The molecule has 0 aromatic rings. The lowest BCUT2D eigenvalue weighted by atomic mass is 9.73. The topological polar surface area (TPSA) is 177 Å². The van der Waals surface area contributed by atoms with E-state index in [1.54, 1.807) is 4.90 Å². The van der Waals surface area contributed by atoms with Gasteiger partial charge in [0.25, 0.3) is 5.91 Å². The van der Waals surface area contributed by atoms with Crippen molar-refractivity contribution in [3.8, 4) is 0 Å². The van der Waals surface area contributed by atoms with Gasteiger partial charge in [-0.3, -0.25) is 28.9 Å². The van der Waals surface area contributed by atoms with E-state index in [1.165, 1.54) is 4.31 Å². The molecule has 338 valence electrons. The van der Waals surface area contributed by atoms with Gasteiger partial charge in [-0.05, 0) is 120 Å². The second kappa shape index (κ2) is 17.1. The largest absolute Gasteiger partial charge is 0.343 e. The summed E-state index contributed by atoms with van der Waals surface area (Å²) in [6.07, 6.45) is 14.2. The van der Waals surface area contributed by atoms with Gasteiger partial charge < -0.3 is 20.9 Å². The first-order valence-corrected chi connectivity index (χ1v) is 25.1. The van der Waals surface area contributed by atoms with Crippen LogP contribution in [0.2, 0.25) is 0 Å². The second-order valence-electron chi connectivity index (χ2n) is 21.0. The molecule has 14 nitrogen and oxygen atoms in total. The Kier molecular flexibility index (Phi) is 12.9. The molecule has 0 radical (unpaired) electrons. The van der Waals surface area contributed by atoms with E-state index >= 15 is 4.79 Å². The molecule has 2 spiro atoms. The summed E-state index contributed by atoms with van der Waals surface area (Å²) in [5.41, 5.74) is -1.81. The lowest BCUT2D eigenvalue weighted by molar-refractivity contribution is -0.144. The Balaban J connectivity index is 1.14. The highest BCUT2D eigenvalue weighted by Crippen LogP contribution is 2.88. The van der Waals surface area contributed by atoms with Gasteiger partial charge >= 0.3 is 10.2 Å². The van der Waals surface area contributed by atoms with Crippen molar-refractivity contribution >= 4 is 39.7 Å². The van der Waals surface area contributed by atoms with Gasteiger partial charge in [0.1, 0.15) is 23.7 Å². The van der Waals surface area contributed by atoms with Crippen LogP contribution in [0.4, 0.5) is 0 Å². The van der Waals surface area contributed by atoms with Crippen LogP contribution in [0.5, 0.6) is 0 Å². The molecule has 0 aromatic carbocycles. The van der Waals surface area contributed by atoms with Crippen molar-refractivity contribution in [1.82, 2.24) is 34.8 Å². The Hall–Kier alpha value is -2.78.